The molecule has 0 saturated heterocycles. The van der Waals surface area contributed by atoms with E-state index in [1.54, 1.807) is 13.0 Å². The molecule has 2 rings (SSSR count). The molecule has 0 aliphatic rings. The Morgan fingerprint density at radius 3 is 2.56 bits per heavy atom. The first-order valence-electron chi connectivity index (χ1n) is 5.13. The van der Waals surface area contributed by atoms with Crippen LogP contribution in [0.25, 0.3) is 10.8 Å². The molecule has 2 N–H and O–H groups in total. The van der Waals surface area contributed by atoms with Crippen LogP contribution in [0.1, 0.15) is 6.92 Å². The Bertz CT molecular complexity index is 520. The summed E-state index contributed by atoms with van der Waals surface area (Å²) in [6, 6.07) is 12.8. The Kier molecular flexibility index (Phi) is 2.88. The van der Waals surface area contributed by atoms with E-state index in [-0.39, 0.29) is 0 Å². The molecule has 0 aliphatic heterocycles. The van der Waals surface area contributed by atoms with Crippen LogP contribution in [-0.4, -0.2) is 12.0 Å². The van der Waals surface area contributed by atoms with Gasteiger partial charge in [-0.15, -0.1) is 0 Å². The van der Waals surface area contributed by atoms with Gasteiger partial charge in [0.05, 0.1) is 0 Å². The molecule has 3 nitrogen and oxygen atoms in total. The van der Waals surface area contributed by atoms with E-state index in [2.05, 4.69) is 0 Å². The van der Waals surface area contributed by atoms with Gasteiger partial charge in [-0.2, -0.15) is 0 Å². The lowest BCUT2D eigenvalue weighted by atomic mass is 10.1. The highest BCUT2D eigenvalue weighted by Crippen LogP contribution is 2.20. The van der Waals surface area contributed by atoms with Crippen LogP contribution in [0.3, 0.4) is 0 Å². The molecule has 3 heteroatoms. The van der Waals surface area contributed by atoms with E-state index in [0.29, 0.717) is 5.75 Å². The minimum atomic E-state index is -0.605. The fourth-order valence-electron chi connectivity index (χ4n) is 1.44. The van der Waals surface area contributed by atoms with Gasteiger partial charge in [0.15, 0.2) is 0 Å². The molecule has 0 heterocycles. The Hall–Kier alpha value is -1.87. The molecule has 0 fully saturated rings. The van der Waals surface area contributed by atoms with E-state index in [4.69, 9.17) is 10.5 Å². The van der Waals surface area contributed by atoms with E-state index in [0.717, 1.165) is 10.8 Å². The minimum absolute atomic E-state index is 0.421. The van der Waals surface area contributed by atoms with Gasteiger partial charge < -0.3 is 10.5 Å². The van der Waals surface area contributed by atoms with E-state index >= 15 is 0 Å². The zero-order valence-electron chi connectivity index (χ0n) is 9.01. The normalized spacial score (nSPS) is 12.4. The van der Waals surface area contributed by atoms with Gasteiger partial charge in [0, 0.05) is 0 Å². The summed E-state index contributed by atoms with van der Waals surface area (Å²) in [7, 11) is 0. The monoisotopic (exact) mass is 215 g/mol. The Morgan fingerprint density at radius 2 is 1.88 bits per heavy atom. The molecule has 0 radical (unpaired) electrons. The Labute approximate surface area is 93.8 Å². The number of benzene rings is 2. The van der Waals surface area contributed by atoms with Crippen molar-refractivity contribution in [1.29, 1.82) is 0 Å². The molecule has 0 amide bonds. The number of nitrogens with two attached hydrogens (primary N) is 1. The van der Waals surface area contributed by atoms with Gasteiger partial charge >= 0.3 is 5.97 Å². The highest BCUT2D eigenvalue weighted by Gasteiger charge is 2.09. The van der Waals surface area contributed by atoms with Crippen molar-refractivity contribution in [2.24, 2.45) is 5.73 Å². The fraction of sp³-hybridized carbons (Fsp3) is 0.154. The van der Waals surface area contributed by atoms with Gasteiger partial charge in [-0.1, -0.05) is 30.3 Å². The van der Waals surface area contributed by atoms with Crippen molar-refractivity contribution in [2.75, 3.05) is 0 Å². The van der Waals surface area contributed by atoms with E-state index < -0.39 is 12.0 Å². The second-order valence-electron chi connectivity index (χ2n) is 3.72. The topological polar surface area (TPSA) is 52.3 Å². The summed E-state index contributed by atoms with van der Waals surface area (Å²) in [5, 5.41) is 2.15. The third kappa shape index (κ3) is 2.20. The maximum Gasteiger partial charge on any atom is 0.328 e. The van der Waals surface area contributed by atoms with Gasteiger partial charge in [-0.25, -0.2) is 4.79 Å². The maximum absolute atomic E-state index is 11.3. The first kappa shape index (κ1) is 10.6. The summed E-state index contributed by atoms with van der Waals surface area (Å²) >= 11 is 0. The van der Waals surface area contributed by atoms with Crippen LogP contribution in [0.2, 0.25) is 0 Å². The number of carbonyl (C=O) groups is 1. The largest absolute Gasteiger partial charge is 0.425 e. The highest BCUT2D eigenvalue weighted by molar-refractivity contribution is 5.85. The van der Waals surface area contributed by atoms with Crippen molar-refractivity contribution < 1.29 is 9.53 Å². The molecule has 2 aromatic rings. The summed E-state index contributed by atoms with van der Waals surface area (Å²) in [6.07, 6.45) is 0. The van der Waals surface area contributed by atoms with Crippen molar-refractivity contribution in [3.8, 4) is 5.75 Å². The number of fused-ring (bicyclic) bond motifs is 1. The summed E-state index contributed by atoms with van der Waals surface area (Å²) < 4.78 is 5.12. The number of rotatable bonds is 2. The molecular weight excluding hydrogens is 202 g/mol. The first-order chi connectivity index (χ1) is 7.66. The lowest BCUT2D eigenvalue weighted by molar-refractivity contribution is -0.135. The lowest BCUT2D eigenvalue weighted by Crippen LogP contribution is -2.30. The Morgan fingerprint density at radius 1 is 1.19 bits per heavy atom. The van der Waals surface area contributed by atoms with Crippen LogP contribution in [0.15, 0.2) is 42.5 Å². The fourth-order valence-corrected chi connectivity index (χ4v) is 1.44. The zero-order chi connectivity index (χ0) is 11.5. The van der Waals surface area contributed by atoms with Crippen molar-refractivity contribution in [3.05, 3.63) is 42.5 Å². The van der Waals surface area contributed by atoms with E-state index in [9.17, 15) is 4.79 Å². The predicted molar refractivity (Wildman–Crippen MR) is 63.2 cm³/mol. The van der Waals surface area contributed by atoms with Crippen LogP contribution in [0.5, 0.6) is 5.75 Å². The number of carbonyl (C=O) groups excluding carboxylic acids is 1. The SMILES string of the molecule is CC(N)C(=O)Oc1ccc2ccccc2c1. The van der Waals surface area contributed by atoms with Crippen LogP contribution in [0.4, 0.5) is 0 Å². The van der Waals surface area contributed by atoms with Crippen LogP contribution >= 0.6 is 0 Å². The number of hydrogen-bond acceptors (Lipinski definition) is 3. The molecule has 82 valence electrons. The average molecular weight is 215 g/mol. The Balaban J connectivity index is 2.29. The number of ether oxygens (including phenoxy) is 1. The lowest BCUT2D eigenvalue weighted by Gasteiger charge is -2.07. The van der Waals surface area contributed by atoms with Gasteiger partial charge in [0.2, 0.25) is 0 Å². The van der Waals surface area contributed by atoms with Gasteiger partial charge in [0.25, 0.3) is 0 Å². The molecule has 2 aromatic carbocycles. The second kappa shape index (κ2) is 4.33. The third-order valence-electron chi connectivity index (χ3n) is 2.31. The molecule has 1 unspecified atom stereocenters. The number of esters is 1. The quantitative estimate of drug-likeness (QED) is 0.616. The molecule has 0 spiro atoms. The van der Waals surface area contributed by atoms with Crippen molar-refractivity contribution in [3.63, 3.8) is 0 Å². The molecule has 0 saturated carbocycles. The molecule has 0 bridgehead atoms. The third-order valence-corrected chi connectivity index (χ3v) is 2.31. The minimum Gasteiger partial charge on any atom is -0.425 e. The van der Waals surface area contributed by atoms with Crippen molar-refractivity contribution in [1.82, 2.24) is 0 Å². The predicted octanol–water partition coefficient (Wildman–Crippen LogP) is 2.09. The van der Waals surface area contributed by atoms with Crippen molar-refractivity contribution in [2.45, 2.75) is 13.0 Å². The smallest absolute Gasteiger partial charge is 0.328 e. The second-order valence-corrected chi connectivity index (χ2v) is 3.72. The van der Waals surface area contributed by atoms with Gasteiger partial charge in [-0.3, -0.25) is 0 Å². The summed E-state index contributed by atoms with van der Waals surface area (Å²) in [5.74, 6) is 0.108. The van der Waals surface area contributed by atoms with Gasteiger partial charge in [0.1, 0.15) is 11.8 Å². The molecule has 1 atom stereocenters. The first-order valence-corrected chi connectivity index (χ1v) is 5.13. The van der Waals surface area contributed by atoms with Crippen LogP contribution in [-0.2, 0) is 4.79 Å². The highest BCUT2D eigenvalue weighted by atomic mass is 16.5. The van der Waals surface area contributed by atoms with Crippen molar-refractivity contribution >= 4 is 16.7 Å². The van der Waals surface area contributed by atoms with Crippen LogP contribution < -0.4 is 10.5 Å². The summed E-state index contributed by atoms with van der Waals surface area (Å²) in [4.78, 5) is 11.3. The molecule has 0 aromatic heterocycles. The molecular formula is C13H13NO2. The standard InChI is InChI=1S/C13H13NO2/c1-9(14)13(15)16-12-7-6-10-4-2-3-5-11(10)8-12/h2-9H,14H2,1H3. The molecule has 16 heavy (non-hydrogen) atoms. The summed E-state index contributed by atoms with van der Waals surface area (Å²) in [6.45, 7) is 1.60. The number of hydrogen-bond donors (Lipinski definition) is 1. The van der Waals surface area contributed by atoms with Crippen LogP contribution in [0, 0.1) is 0 Å². The maximum atomic E-state index is 11.3. The van der Waals surface area contributed by atoms with Gasteiger partial charge in [-0.05, 0) is 29.8 Å². The summed E-state index contributed by atoms with van der Waals surface area (Å²) in [5.41, 5.74) is 5.42. The average Bonchev–Trinajstić information content (AvgIpc) is 2.28. The zero-order valence-corrected chi connectivity index (χ0v) is 9.01. The van der Waals surface area contributed by atoms with E-state index in [1.807, 2.05) is 36.4 Å². The van der Waals surface area contributed by atoms with E-state index in [1.165, 1.54) is 0 Å². The molecule has 0 aliphatic carbocycles.